The van der Waals surface area contributed by atoms with Gasteiger partial charge >= 0.3 is 0 Å². The van der Waals surface area contributed by atoms with Crippen molar-refractivity contribution in [1.82, 2.24) is 4.72 Å². The van der Waals surface area contributed by atoms with Gasteiger partial charge in [-0.2, -0.15) is 11.8 Å². The number of hydrogen-bond acceptors (Lipinski definition) is 6. The van der Waals surface area contributed by atoms with Gasteiger partial charge in [-0.25, -0.2) is 13.1 Å². The lowest BCUT2D eigenvalue weighted by Gasteiger charge is -2.07. The molecular formula is C10H15N3O4S2. The highest BCUT2D eigenvalue weighted by Crippen LogP contribution is 2.25. The van der Waals surface area contributed by atoms with Gasteiger partial charge in [0.15, 0.2) is 4.90 Å². The molecular weight excluding hydrogens is 290 g/mol. The van der Waals surface area contributed by atoms with Crippen LogP contribution in [0.5, 0.6) is 0 Å². The molecule has 0 saturated carbocycles. The molecule has 106 valence electrons. The van der Waals surface area contributed by atoms with Crippen LogP contribution in [-0.4, -0.2) is 31.9 Å². The molecule has 0 spiro atoms. The number of thioether (sulfide) groups is 1. The van der Waals surface area contributed by atoms with Gasteiger partial charge < -0.3 is 5.73 Å². The van der Waals surface area contributed by atoms with Gasteiger partial charge in [0.1, 0.15) is 0 Å². The molecule has 0 unspecified atom stereocenters. The third-order valence-electron chi connectivity index (χ3n) is 2.29. The first kappa shape index (κ1) is 15.7. The van der Waals surface area contributed by atoms with Crippen LogP contribution in [0, 0.1) is 10.1 Å². The number of hydrogen-bond donors (Lipinski definition) is 2. The summed E-state index contributed by atoms with van der Waals surface area (Å²) >= 11 is 1.60. The summed E-state index contributed by atoms with van der Waals surface area (Å²) in [6, 6.07) is 3.48. The zero-order chi connectivity index (χ0) is 14.5. The second kappa shape index (κ2) is 6.73. The molecule has 1 aromatic rings. The Morgan fingerprint density at radius 2 is 2.16 bits per heavy atom. The highest BCUT2D eigenvalue weighted by atomic mass is 32.2. The van der Waals surface area contributed by atoms with E-state index in [1.165, 1.54) is 6.07 Å². The van der Waals surface area contributed by atoms with Gasteiger partial charge in [-0.3, -0.25) is 10.1 Å². The van der Waals surface area contributed by atoms with Gasteiger partial charge in [0.2, 0.25) is 10.0 Å². The highest BCUT2D eigenvalue weighted by Gasteiger charge is 2.25. The summed E-state index contributed by atoms with van der Waals surface area (Å²) in [7, 11) is -3.92. The van der Waals surface area contributed by atoms with Crippen molar-refractivity contribution < 1.29 is 13.3 Å². The second-order valence-electron chi connectivity index (χ2n) is 3.73. The molecule has 7 nitrogen and oxygen atoms in total. The molecule has 0 fully saturated rings. The molecule has 0 saturated heterocycles. The molecule has 0 atom stereocenters. The van der Waals surface area contributed by atoms with Gasteiger partial charge in [0, 0.05) is 18.3 Å². The molecule has 0 aliphatic heterocycles. The highest BCUT2D eigenvalue weighted by molar-refractivity contribution is 7.98. The predicted molar refractivity (Wildman–Crippen MR) is 75.7 cm³/mol. The molecule has 0 aromatic heterocycles. The minimum absolute atomic E-state index is 0.162. The number of nitro groups is 1. The Morgan fingerprint density at radius 1 is 1.47 bits per heavy atom. The van der Waals surface area contributed by atoms with Crippen molar-refractivity contribution in [2.24, 2.45) is 0 Å². The molecule has 9 heteroatoms. The van der Waals surface area contributed by atoms with Crippen LogP contribution in [0.25, 0.3) is 0 Å². The van der Waals surface area contributed by atoms with Gasteiger partial charge in [-0.05, 0) is 30.6 Å². The summed E-state index contributed by atoms with van der Waals surface area (Å²) in [5.74, 6) is 0.807. The first-order chi connectivity index (χ1) is 8.88. The molecule has 19 heavy (non-hydrogen) atoms. The fourth-order valence-electron chi connectivity index (χ4n) is 1.40. The molecule has 1 aromatic carbocycles. The minimum atomic E-state index is -3.92. The standard InChI is InChI=1S/C10H15N3O4S2/c1-18-6-2-5-12-19(16,17)10-7-8(11)3-4-9(10)13(14)15/h3-4,7,12H,2,5-6,11H2,1H3. The van der Waals surface area contributed by atoms with Crippen LogP contribution in [-0.2, 0) is 10.0 Å². The molecule has 0 radical (unpaired) electrons. The Kier molecular flexibility index (Phi) is 5.58. The van der Waals surface area contributed by atoms with Crippen molar-refractivity contribution in [1.29, 1.82) is 0 Å². The van der Waals surface area contributed by atoms with Gasteiger partial charge in [-0.1, -0.05) is 0 Å². The van der Waals surface area contributed by atoms with Crippen LogP contribution >= 0.6 is 11.8 Å². The van der Waals surface area contributed by atoms with E-state index in [0.29, 0.717) is 6.42 Å². The number of nitro benzene ring substituents is 1. The van der Waals surface area contributed by atoms with Gasteiger partial charge in [0.25, 0.3) is 5.69 Å². The number of sulfonamides is 1. The van der Waals surface area contributed by atoms with E-state index in [4.69, 9.17) is 5.73 Å². The number of rotatable bonds is 7. The first-order valence-electron chi connectivity index (χ1n) is 5.41. The van der Waals surface area contributed by atoms with Crippen LogP contribution in [0.2, 0.25) is 0 Å². The largest absolute Gasteiger partial charge is 0.399 e. The topological polar surface area (TPSA) is 115 Å². The molecule has 0 aliphatic carbocycles. The zero-order valence-electron chi connectivity index (χ0n) is 10.3. The Hall–Kier alpha value is -1.32. The average Bonchev–Trinajstić information content (AvgIpc) is 2.34. The summed E-state index contributed by atoms with van der Waals surface area (Å²) < 4.78 is 26.3. The molecule has 0 heterocycles. The van der Waals surface area contributed by atoms with Crippen molar-refractivity contribution in [2.75, 3.05) is 24.3 Å². The van der Waals surface area contributed by atoms with Crippen LogP contribution in [0.15, 0.2) is 23.1 Å². The van der Waals surface area contributed by atoms with E-state index in [1.807, 2.05) is 6.26 Å². The van der Waals surface area contributed by atoms with E-state index in [9.17, 15) is 18.5 Å². The fourth-order valence-corrected chi connectivity index (χ4v) is 3.11. The Labute approximate surface area is 115 Å². The number of nitrogen functional groups attached to an aromatic ring is 1. The molecule has 0 amide bonds. The summed E-state index contributed by atoms with van der Waals surface area (Å²) in [6.07, 6.45) is 2.56. The van der Waals surface area contributed by atoms with E-state index in [-0.39, 0.29) is 12.2 Å². The second-order valence-corrected chi connectivity index (χ2v) is 6.45. The first-order valence-corrected chi connectivity index (χ1v) is 8.28. The van der Waals surface area contributed by atoms with Crippen molar-refractivity contribution in [3.63, 3.8) is 0 Å². The van der Waals surface area contributed by atoms with Crippen LogP contribution < -0.4 is 10.5 Å². The van der Waals surface area contributed by atoms with Crippen molar-refractivity contribution >= 4 is 33.2 Å². The molecule has 3 N–H and O–H groups in total. The van der Waals surface area contributed by atoms with Crippen molar-refractivity contribution in [3.05, 3.63) is 28.3 Å². The van der Waals surface area contributed by atoms with E-state index in [2.05, 4.69) is 4.72 Å². The third kappa shape index (κ3) is 4.37. The van der Waals surface area contributed by atoms with Gasteiger partial charge in [-0.15, -0.1) is 0 Å². The smallest absolute Gasteiger partial charge is 0.289 e. The lowest BCUT2D eigenvalue weighted by Crippen LogP contribution is -2.26. The maximum atomic E-state index is 12.0. The lowest BCUT2D eigenvalue weighted by molar-refractivity contribution is -0.387. The maximum absolute atomic E-state index is 12.0. The maximum Gasteiger partial charge on any atom is 0.289 e. The number of nitrogens with one attached hydrogen (secondary N) is 1. The van der Waals surface area contributed by atoms with Crippen LogP contribution in [0.1, 0.15) is 6.42 Å². The van der Waals surface area contributed by atoms with Crippen LogP contribution in [0.3, 0.4) is 0 Å². The van der Waals surface area contributed by atoms with E-state index < -0.39 is 25.5 Å². The van der Waals surface area contributed by atoms with E-state index >= 15 is 0 Å². The number of benzene rings is 1. The SMILES string of the molecule is CSCCCNS(=O)(=O)c1cc(N)ccc1[N+](=O)[O-]. The summed E-state index contributed by atoms with van der Waals surface area (Å²) in [6.45, 7) is 0.231. The molecule has 0 bridgehead atoms. The summed E-state index contributed by atoms with van der Waals surface area (Å²) in [4.78, 5) is 9.68. The monoisotopic (exact) mass is 305 g/mol. The van der Waals surface area contributed by atoms with E-state index in [0.717, 1.165) is 17.9 Å². The van der Waals surface area contributed by atoms with Crippen molar-refractivity contribution in [2.45, 2.75) is 11.3 Å². The fraction of sp³-hybridized carbons (Fsp3) is 0.400. The zero-order valence-corrected chi connectivity index (χ0v) is 12.0. The number of nitrogens with two attached hydrogens (primary N) is 1. The Bertz CT molecular complexity index is 560. The van der Waals surface area contributed by atoms with Gasteiger partial charge in [0.05, 0.1) is 4.92 Å². The minimum Gasteiger partial charge on any atom is -0.399 e. The summed E-state index contributed by atoms with van der Waals surface area (Å²) in [5.41, 5.74) is 5.16. The van der Waals surface area contributed by atoms with E-state index in [1.54, 1.807) is 11.8 Å². The van der Waals surface area contributed by atoms with Crippen molar-refractivity contribution in [3.8, 4) is 0 Å². The third-order valence-corrected chi connectivity index (χ3v) is 4.47. The normalized spacial score (nSPS) is 11.4. The summed E-state index contributed by atoms with van der Waals surface area (Å²) in [5, 5.41) is 10.8. The average molecular weight is 305 g/mol. The molecule has 0 aliphatic rings. The lowest BCUT2D eigenvalue weighted by atomic mass is 10.3. The number of nitrogens with zero attached hydrogens (tertiary/aromatic N) is 1. The Balaban J connectivity index is 3.00. The predicted octanol–water partition coefficient (Wildman–Crippen LogP) is 1.21. The number of anilines is 1. The van der Waals surface area contributed by atoms with Crippen LogP contribution in [0.4, 0.5) is 11.4 Å². The Morgan fingerprint density at radius 3 is 2.74 bits per heavy atom. The quantitative estimate of drug-likeness (QED) is 0.338. The molecule has 1 rings (SSSR count).